The minimum atomic E-state index is -0.401. The third kappa shape index (κ3) is 3.18. The number of carbonyl (C=O) groups is 1. The van der Waals surface area contributed by atoms with Crippen LogP contribution in [-0.2, 0) is 6.42 Å². The van der Waals surface area contributed by atoms with Crippen LogP contribution in [0.2, 0.25) is 0 Å². The van der Waals surface area contributed by atoms with E-state index < -0.39 is 11.7 Å². The van der Waals surface area contributed by atoms with E-state index in [1.54, 1.807) is 18.2 Å². The van der Waals surface area contributed by atoms with Gasteiger partial charge in [0.2, 0.25) is 0 Å². The van der Waals surface area contributed by atoms with E-state index in [-0.39, 0.29) is 0 Å². The zero-order valence-electron chi connectivity index (χ0n) is 10.8. The topological polar surface area (TPSA) is 80.4 Å². The number of thiazole rings is 1. The van der Waals surface area contributed by atoms with E-state index in [4.69, 9.17) is 5.73 Å². The largest absolute Gasteiger partial charge is 0.375 e. The van der Waals surface area contributed by atoms with Crippen LogP contribution in [0.5, 0.6) is 0 Å². The zero-order chi connectivity index (χ0) is 14.5. The van der Waals surface area contributed by atoms with Gasteiger partial charge in [-0.1, -0.05) is 36.5 Å². The Morgan fingerprint density at radius 2 is 2.30 bits per heavy atom. The summed E-state index contributed by atoms with van der Waals surface area (Å²) < 4.78 is 13.3. The summed E-state index contributed by atoms with van der Waals surface area (Å²) in [5.74, 6) is -0.801. The first-order valence-corrected chi connectivity index (χ1v) is 6.76. The van der Waals surface area contributed by atoms with Gasteiger partial charge in [0.1, 0.15) is 10.7 Å². The Morgan fingerprint density at radius 3 is 3.00 bits per heavy atom. The Bertz CT molecular complexity index is 654. The maximum Gasteiger partial charge on any atom is 0.283 e. The first-order chi connectivity index (χ1) is 9.61. The summed E-state index contributed by atoms with van der Waals surface area (Å²) in [6, 6.07) is 6.15. The van der Waals surface area contributed by atoms with Crippen molar-refractivity contribution < 1.29 is 9.18 Å². The van der Waals surface area contributed by atoms with E-state index in [2.05, 4.69) is 15.5 Å². The second-order valence-corrected chi connectivity index (χ2v) is 4.93. The van der Waals surface area contributed by atoms with E-state index in [1.165, 1.54) is 12.3 Å². The fraction of sp³-hybridized carbons (Fsp3) is 0.154. The second kappa shape index (κ2) is 6.25. The van der Waals surface area contributed by atoms with Gasteiger partial charge in [-0.2, -0.15) is 5.10 Å². The number of hydrazone groups is 1. The van der Waals surface area contributed by atoms with Crippen molar-refractivity contribution in [3.05, 3.63) is 46.2 Å². The molecule has 0 aliphatic rings. The summed E-state index contributed by atoms with van der Waals surface area (Å²) >= 11 is 1.10. The maximum atomic E-state index is 13.3. The molecule has 0 spiro atoms. The van der Waals surface area contributed by atoms with Gasteiger partial charge in [-0.3, -0.25) is 4.79 Å². The number of nitrogen functional groups attached to an aromatic ring is 1. The molecule has 0 bridgehead atoms. The number of carbonyl (C=O) groups excluding carboxylic acids is 1. The number of aromatic nitrogens is 1. The van der Waals surface area contributed by atoms with Gasteiger partial charge in [-0.05, 0) is 12.5 Å². The molecular formula is C13H13FN4OS. The van der Waals surface area contributed by atoms with Gasteiger partial charge < -0.3 is 5.73 Å². The molecule has 0 unspecified atom stereocenters. The Kier molecular flexibility index (Phi) is 4.41. The van der Waals surface area contributed by atoms with Crippen molar-refractivity contribution in [1.29, 1.82) is 0 Å². The third-order valence-corrected chi connectivity index (χ3v) is 3.46. The highest BCUT2D eigenvalue weighted by molar-refractivity contribution is 7.17. The van der Waals surface area contributed by atoms with Crippen molar-refractivity contribution in [3.8, 4) is 0 Å². The third-order valence-electron chi connectivity index (χ3n) is 2.53. The van der Waals surface area contributed by atoms with Crippen molar-refractivity contribution in [3.63, 3.8) is 0 Å². The molecule has 104 valence electrons. The lowest BCUT2D eigenvalue weighted by molar-refractivity contribution is 0.0958. The van der Waals surface area contributed by atoms with Gasteiger partial charge in [0.05, 0.1) is 11.9 Å². The van der Waals surface area contributed by atoms with Gasteiger partial charge in [0.15, 0.2) is 5.13 Å². The first kappa shape index (κ1) is 14.1. The summed E-state index contributed by atoms with van der Waals surface area (Å²) in [7, 11) is 0. The molecule has 1 amide bonds. The number of rotatable bonds is 4. The SMILES string of the molecule is CCc1nc(N)sc1C(=O)NN=Cc1ccccc1F. The van der Waals surface area contributed by atoms with E-state index >= 15 is 0 Å². The molecule has 1 aromatic heterocycles. The second-order valence-electron chi connectivity index (χ2n) is 3.90. The van der Waals surface area contributed by atoms with E-state index in [0.717, 1.165) is 11.3 Å². The molecule has 0 radical (unpaired) electrons. The van der Waals surface area contributed by atoms with Crippen molar-refractivity contribution in [2.45, 2.75) is 13.3 Å². The number of amides is 1. The smallest absolute Gasteiger partial charge is 0.283 e. The van der Waals surface area contributed by atoms with Crippen LogP contribution >= 0.6 is 11.3 Å². The quantitative estimate of drug-likeness (QED) is 0.669. The van der Waals surface area contributed by atoms with Crippen molar-refractivity contribution >= 4 is 28.6 Å². The molecule has 0 saturated heterocycles. The monoisotopic (exact) mass is 292 g/mol. The number of aryl methyl sites for hydroxylation is 1. The highest BCUT2D eigenvalue weighted by Gasteiger charge is 2.15. The average Bonchev–Trinajstić information content (AvgIpc) is 2.82. The predicted molar refractivity (Wildman–Crippen MR) is 77.4 cm³/mol. The van der Waals surface area contributed by atoms with Gasteiger partial charge >= 0.3 is 0 Å². The molecule has 0 atom stereocenters. The molecule has 2 rings (SSSR count). The molecule has 0 aliphatic heterocycles. The number of hydrogen-bond donors (Lipinski definition) is 2. The number of nitrogens with one attached hydrogen (secondary N) is 1. The number of hydrogen-bond acceptors (Lipinski definition) is 5. The molecule has 20 heavy (non-hydrogen) atoms. The highest BCUT2D eigenvalue weighted by Crippen LogP contribution is 2.20. The van der Waals surface area contributed by atoms with Crippen molar-refractivity contribution in [1.82, 2.24) is 10.4 Å². The fourth-order valence-corrected chi connectivity index (χ4v) is 2.39. The van der Waals surface area contributed by atoms with Crippen LogP contribution in [0.1, 0.15) is 27.9 Å². The Morgan fingerprint density at radius 1 is 1.55 bits per heavy atom. The van der Waals surface area contributed by atoms with Crippen LogP contribution in [0, 0.1) is 5.82 Å². The summed E-state index contributed by atoms with van der Waals surface area (Å²) in [6.07, 6.45) is 1.86. The number of anilines is 1. The molecule has 0 saturated carbocycles. The first-order valence-electron chi connectivity index (χ1n) is 5.95. The molecule has 0 fully saturated rings. The van der Waals surface area contributed by atoms with Gasteiger partial charge in [0, 0.05) is 5.56 Å². The Balaban J connectivity index is 2.07. The molecule has 0 aliphatic carbocycles. The van der Waals surface area contributed by atoms with E-state index in [1.807, 2.05) is 6.92 Å². The molecule has 1 aromatic carbocycles. The molecule has 2 aromatic rings. The minimum Gasteiger partial charge on any atom is -0.375 e. The van der Waals surface area contributed by atoms with E-state index in [0.29, 0.717) is 27.7 Å². The van der Waals surface area contributed by atoms with Crippen LogP contribution in [0.4, 0.5) is 9.52 Å². The summed E-state index contributed by atoms with van der Waals surface area (Å²) in [5.41, 5.74) is 8.84. The predicted octanol–water partition coefficient (Wildman–Crippen LogP) is 2.19. The lowest BCUT2D eigenvalue weighted by Crippen LogP contribution is -2.17. The van der Waals surface area contributed by atoms with Gasteiger partial charge in [0.25, 0.3) is 5.91 Å². The molecule has 5 nitrogen and oxygen atoms in total. The molecule has 1 heterocycles. The highest BCUT2D eigenvalue weighted by atomic mass is 32.1. The summed E-state index contributed by atoms with van der Waals surface area (Å²) in [5, 5.41) is 4.07. The molecule has 3 N–H and O–H groups in total. The van der Waals surface area contributed by atoms with Crippen LogP contribution in [0.25, 0.3) is 0 Å². The Hall–Kier alpha value is -2.28. The summed E-state index contributed by atoms with van der Waals surface area (Å²) in [4.78, 5) is 16.4. The van der Waals surface area contributed by atoms with Crippen LogP contribution < -0.4 is 11.2 Å². The van der Waals surface area contributed by atoms with Crippen molar-refractivity contribution in [2.24, 2.45) is 5.10 Å². The number of nitrogens with zero attached hydrogens (tertiary/aromatic N) is 2. The average molecular weight is 292 g/mol. The van der Waals surface area contributed by atoms with Gasteiger partial charge in [-0.15, -0.1) is 0 Å². The Labute approximate surface area is 119 Å². The lowest BCUT2D eigenvalue weighted by Gasteiger charge is -1.98. The number of benzene rings is 1. The lowest BCUT2D eigenvalue weighted by atomic mass is 10.2. The standard InChI is InChI=1S/C13H13FN4OS/c1-2-10-11(20-13(15)17-10)12(19)18-16-7-8-5-3-4-6-9(8)14/h3-7H,2H2,1H3,(H2,15,17)(H,18,19). The van der Waals surface area contributed by atoms with Crippen LogP contribution in [0.3, 0.4) is 0 Å². The number of halogens is 1. The van der Waals surface area contributed by atoms with Crippen LogP contribution in [-0.4, -0.2) is 17.1 Å². The normalized spacial score (nSPS) is 10.9. The number of nitrogens with two attached hydrogens (primary N) is 1. The molecule has 7 heteroatoms. The minimum absolute atomic E-state index is 0.298. The van der Waals surface area contributed by atoms with Gasteiger partial charge in [-0.25, -0.2) is 14.8 Å². The summed E-state index contributed by atoms with van der Waals surface area (Å²) in [6.45, 7) is 1.88. The molecular weight excluding hydrogens is 279 g/mol. The maximum absolute atomic E-state index is 13.3. The van der Waals surface area contributed by atoms with Crippen molar-refractivity contribution in [2.75, 3.05) is 5.73 Å². The van der Waals surface area contributed by atoms with Crippen LogP contribution in [0.15, 0.2) is 29.4 Å². The fourth-order valence-electron chi connectivity index (χ4n) is 1.58. The zero-order valence-corrected chi connectivity index (χ0v) is 11.6. The van der Waals surface area contributed by atoms with E-state index in [9.17, 15) is 9.18 Å².